The van der Waals surface area contributed by atoms with Gasteiger partial charge in [0.25, 0.3) is 0 Å². The highest BCUT2D eigenvalue weighted by Crippen LogP contribution is 2.35. The van der Waals surface area contributed by atoms with Crippen molar-refractivity contribution < 1.29 is 9.53 Å². The topological polar surface area (TPSA) is 48.3 Å². The Kier molecular flexibility index (Phi) is 5.78. The molecule has 6 heteroatoms. The molecule has 0 fully saturated rings. The number of nitrogens with zero attached hydrogens (tertiary/aromatic N) is 1. The second kappa shape index (κ2) is 7.80. The summed E-state index contributed by atoms with van der Waals surface area (Å²) in [5, 5.41) is 1.69. The van der Waals surface area contributed by atoms with E-state index < -0.39 is 0 Å². The zero-order valence-corrected chi connectivity index (χ0v) is 18.3. The average molecular weight is 418 g/mol. The number of ether oxygens (including phenoxy) is 1. The number of rotatable bonds is 4. The van der Waals surface area contributed by atoms with Gasteiger partial charge in [-0.2, -0.15) is 0 Å². The number of pyridine rings is 1. The van der Waals surface area contributed by atoms with Gasteiger partial charge in [0, 0.05) is 10.8 Å². The number of esters is 1. The summed E-state index contributed by atoms with van der Waals surface area (Å²) in [4.78, 5) is 26.4. The smallest absolute Gasteiger partial charge is 0.325 e. The first-order valence-corrected chi connectivity index (χ1v) is 10.8. The maximum absolute atomic E-state index is 13.2. The van der Waals surface area contributed by atoms with Crippen molar-refractivity contribution in [1.29, 1.82) is 0 Å². The van der Waals surface area contributed by atoms with Gasteiger partial charge >= 0.3 is 5.97 Å². The van der Waals surface area contributed by atoms with Crippen LogP contribution in [0.4, 0.5) is 0 Å². The molecule has 0 aliphatic heterocycles. The third-order valence-electron chi connectivity index (χ3n) is 4.79. The monoisotopic (exact) mass is 417 g/mol. The molecule has 0 amide bonds. The average Bonchev–Trinajstić information content (AvgIpc) is 2.64. The molecule has 1 heterocycles. The molecule has 0 saturated heterocycles. The maximum atomic E-state index is 13.2. The molecule has 4 nitrogen and oxygen atoms in total. The maximum Gasteiger partial charge on any atom is 0.325 e. The minimum Gasteiger partial charge on any atom is -0.465 e. The number of hydrogen-bond acceptors (Lipinski definition) is 4. The quantitative estimate of drug-likeness (QED) is 0.324. The Hall–Kier alpha value is -1.98. The lowest BCUT2D eigenvalue weighted by Gasteiger charge is -2.22. The van der Waals surface area contributed by atoms with Crippen molar-refractivity contribution >= 4 is 51.1 Å². The fourth-order valence-electron chi connectivity index (χ4n) is 3.37. The highest BCUT2D eigenvalue weighted by Gasteiger charge is 2.21. The second-order valence-corrected chi connectivity index (χ2v) is 8.90. The van der Waals surface area contributed by atoms with Crippen molar-refractivity contribution in [3.8, 4) is 0 Å². The zero-order valence-electron chi connectivity index (χ0n) is 16.8. The van der Waals surface area contributed by atoms with Crippen LogP contribution in [-0.4, -0.2) is 23.4 Å². The molecular weight excluding hydrogens is 394 g/mol. The summed E-state index contributed by atoms with van der Waals surface area (Å²) in [5.41, 5.74) is 2.33. The summed E-state index contributed by atoms with van der Waals surface area (Å²) < 4.78 is 7.07. The number of carbonyl (C=O) groups excluding carboxylic acids is 1. The summed E-state index contributed by atoms with van der Waals surface area (Å²) in [5.74, 6) is -0.345. The van der Waals surface area contributed by atoms with Crippen LogP contribution >= 0.6 is 23.4 Å². The van der Waals surface area contributed by atoms with E-state index in [1.807, 2.05) is 29.0 Å². The first kappa shape index (κ1) is 20.7. The van der Waals surface area contributed by atoms with Gasteiger partial charge < -0.3 is 9.30 Å². The fourth-order valence-corrected chi connectivity index (χ4v) is 4.43. The van der Waals surface area contributed by atoms with E-state index >= 15 is 0 Å². The Morgan fingerprint density at radius 3 is 2.46 bits per heavy atom. The number of thioether (sulfide) groups is 1. The largest absolute Gasteiger partial charge is 0.465 e. The van der Waals surface area contributed by atoms with Gasteiger partial charge in [-0.25, -0.2) is 0 Å². The van der Waals surface area contributed by atoms with E-state index in [4.69, 9.17) is 16.3 Å². The van der Waals surface area contributed by atoms with Gasteiger partial charge in [-0.1, -0.05) is 38.4 Å². The molecule has 28 heavy (non-hydrogen) atoms. The predicted molar refractivity (Wildman–Crippen MR) is 118 cm³/mol. The molecule has 0 N–H and O–H groups in total. The van der Waals surface area contributed by atoms with Crippen molar-refractivity contribution in [2.45, 2.75) is 44.6 Å². The van der Waals surface area contributed by atoms with Crippen LogP contribution in [-0.2, 0) is 21.5 Å². The Bertz CT molecular complexity index is 1130. The van der Waals surface area contributed by atoms with Gasteiger partial charge in [0.15, 0.2) is 5.43 Å². The van der Waals surface area contributed by atoms with Gasteiger partial charge in [-0.15, -0.1) is 11.8 Å². The Balaban J connectivity index is 2.50. The summed E-state index contributed by atoms with van der Waals surface area (Å²) in [6.07, 6.45) is 1.91. The third-order valence-corrected chi connectivity index (χ3v) is 6.04. The van der Waals surface area contributed by atoms with Crippen LogP contribution in [0.3, 0.4) is 0 Å². The van der Waals surface area contributed by atoms with Crippen LogP contribution in [0.5, 0.6) is 0 Å². The van der Waals surface area contributed by atoms with Gasteiger partial charge in [0.05, 0.1) is 27.6 Å². The van der Waals surface area contributed by atoms with Crippen LogP contribution in [0.1, 0.15) is 33.3 Å². The van der Waals surface area contributed by atoms with Crippen LogP contribution in [0.15, 0.2) is 40.0 Å². The molecule has 0 aliphatic carbocycles. The molecular formula is C22H24ClNO3S. The van der Waals surface area contributed by atoms with E-state index in [2.05, 4.69) is 20.8 Å². The Morgan fingerprint density at radius 2 is 1.86 bits per heavy atom. The first-order valence-electron chi connectivity index (χ1n) is 9.18. The number of hydrogen-bond donors (Lipinski definition) is 0. The van der Waals surface area contributed by atoms with E-state index in [9.17, 15) is 9.59 Å². The molecule has 0 spiro atoms. The summed E-state index contributed by atoms with van der Waals surface area (Å²) in [6, 6.07) is 9.31. The predicted octanol–water partition coefficient (Wildman–Crippen LogP) is 5.39. The normalized spacial score (nSPS) is 11.9. The second-order valence-electron chi connectivity index (χ2n) is 7.68. The molecule has 3 rings (SSSR count). The van der Waals surface area contributed by atoms with E-state index in [-0.39, 0.29) is 23.4 Å². The number of halogens is 1. The number of carbonyl (C=O) groups is 1. The molecule has 0 bridgehead atoms. The SMILES string of the molecule is CCOC(=O)Cn1c2cc(C(C)(C)C)ccc2c(=O)c2ccc(Cl)c(SC)c21. The number of fused-ring (bicyclic) bond motifs is 2. The number of aromatic nitrogens is 1. The molecule has 2 aromatic carbocycles. The van der Waals surface area contributed by atoms with Crippen LogP contribution in [0.25, 0.3) is 21.8 Å². The molecule has 148 valence electrons. The van der Waals surface area contributed by atoms with Gasteiger partial charge in [-0.3, -0.25) is 9.59 Å². The summed E-state index contributed by atoms with van der Waals surface area (Å²) in [7, 11) is 0. The zero-order chi connectivity index (χ0) is 20.6. The van der Waals surface area contributed by atoms with E-state index in [1.54, 1.807) is 19.1 Å². The summed E-state index contributed by atoms with van der Waals surface area (Å²) in [6.45, 7) is 8.45. The van der Waals surface area contributed by atoms with E-state index in [1.165, 1.54) is 11.8 Å². The van der Waals surface area contributed by atoms with Crippen LogP contribution in [0, 0.1) is 0 Å². The van der Waals surface area contributed by atoms with Gasteiger partial charge in [-0.05, 0) is 48.4 Å². The van der Waals surface area contributed by atoms with E-state index in [0.717, 1.165) is 16.0 Å². The van der Waals surface area contributed by atoms with Crippen molar-refractivity contribution in [2.75, 3.05) is 12.9 Å². The lowest BCUT2D eigenvalue weighted by atomic mass is 9.86. The Morgan fingerprint density at radius 1 is 1.18 bits per heavy atom. The lowest BCUT2D eigenvalue weighted by molar-refractivity contribution is -0.143. The fraction of sp³-hybridized carbons (Fsp3) is 0.364. The molecule has 0 unspecified atom stereocenters. The molecule has 3 aromatic rings. The van der Waals surface area contributed by atoms with E-state index in [0.29, 0.717) is 27.9 Å². The van der Waals surface area contributed by atoms with Crippen LogP contribution in [0.2, 0.25) is 5.02 Å². The first-order chi connectivity index (χ1) is 13.2. The van der Waals surface area contributed by atoms with Crippen molar-refractivity contribution in [1.82, 2.24) is 4.57 Å². The highest BCUT2D eigenvalue weighted by atomic mass is 35.5. The van der Waals surface area contributed by atoms with Crippen molar-refractivity contribution in [3.63, 3.8) is 0 Å². The molecule has 0 saturated carbocycles. The standard InChI is InChI=1S/C22H24ClNO3S/c1-6-27-18(25)12-24-17-11-13(22(2,3)4)7-8-14(17)20(26)15-9-10-16(23)21(28-5)19(15)24/h7-11H,6,12H2,1-5H3. The van der Waals surface area contributed by atoms with Gasteiger partial charge in [0.2, 0.25) is 0 Å². The third kappa shape index (κ3) is 3.65. The minimum atomic E-state index is -0.345. The minimum absolute atomic E-state index is 0.0165. The van der Waals surface area contributed by atoms with Gasteiger partial charge in [0.1, 0.15) is 6.54 Å². The Labute approximate surface area is 173 Å². The van der Waals surface area contributed by atoms with Crippen molar-refractivity contribution in [3.05, 3.63) is 51.1 Å². The molecule has 0 radical (unpaired) electrons. The lowest BCUT2D eigenvalue weighted by Crippen LogP contribution is -2.20. The molecule has 1 aromatic heterocycles. The highest BCUT2D eigenvalue weighted by molar-refractivity contribution is 7.99. The van der Waals surface area contributed by atoms with Crippen LogP contribution < -0.4 is 5.43 Å². The summed E-state index contributed by atoms with van der Waals surface area (Å²) >= 11 is 7.89. The number of benzene rings is 2. The molecule has 0 aliphatic rings. The van der Waals surface area contributed by atoms with Crippen molar-refractivity contribution in [2.24, 2.45) is 0 Å². The molecule has 0 atom stereocenters.